The van der Waals surface area contributed by atoms with Crippen molar-refractivity contribution in [3.63, 3.8) is 0 Å². The predicted molar refractivity (Wildman–Crippen MR) is 160 cm³/mol. The summed E-state index contributed by atoms with van der Waals surface area (Å²) in [4.78, 5) is 30.2. The number of hydrogen-bond acceptors (Lipinski definition) is 6. The smallest absolute Gasteiger partial charge is 0.344 e. The van der Waals surface area contributed by atoms with Crippen molar-refractivity contribution < 1.29 is 24.2 Å². The third-order valence-corrected chi connectivity index (χ3v) is 7.42. The summed E-state index contributed by atoms with van der Waals surface area (Å²) in [5.41, 5.74) is 2.95. The maximum absolute atomic E-state index is 12.9. The van der Waals surface area contributed by atoms with Gasteiger partial charge in [0.1, 0.15) is 28.7 Å². The molecule has 0 saturated heterocycles. The highest BCUT2D eigenvalue weighted by molar-refractivity contribution is 8.18. The Morgan fingerprint density at radius 1 is 0.925 bits per heavy atom. The number of thioether (sulfide) groups is 1. The number of carbonyl (C=O) groups is 2. The second-order valence-electron chi connectivity index (χ2n) is 9.09. The second-order valence-corrected chi connectivity index (χ2v) is 10.1. The van der Waals surface area contributed by atoms with Gasteiger partial charge in [-0.1, -0.05) is 84.6 Å². The molecule has 0 saturated carbocycles. The minimum atomic E-state index is -0.732. The van der Waals surface area contributed by atoms with Gasteiger partial charge in [0.05, 0.1) is 11.5 Å². The topological polar surface area (TPSA) is 85.2 Å². The molecule has 4 aromatic rings. The highest BCUT2D eigenvalue weighted by Gasteiger charge is 2.34. The average Bonchev–Trinajstić information content (AvgIpc) is 3.26. The first kappa shape index (κ1) is 27.0. The SMILES string of the molecule is CCOC(=O)C1=C(O)/C(=C/c2ccc(OCc3cccc4ccccc34)cc2)SC1=NC(=O)c1ccccc1C. The highest BCUT2D eigenvalue weighted by atomic mass is 32.2. The standard InChI is InChI=1S/C33H27NO5S/c1-3-38-33(37)29-30(35)28(40-32(29)34-31(36)26-13-6-4-9-21(26)2)19-22-15-17-25(18-16-22)39-20-24-12-8-11-23-10-5-7-14-27(23)24/h4-19,35H,3,20H2,1-2H3/b28-19-,34-32?. The quantitative estimate of drug-likeness (QED) is 0.241. The number of benzene rings is 4. The molecule has 200 valence electrons. The first-order valence-electron chi connectivity index (χ1n) is 12.8. The fourth-order valence-corrected chi connectivity index (χ4v) is 5.36. The van der Waals surface area contributed by atoms with Gasteiger partial charge in [0.2, 0.25) is 0 Å². The Balaban J connectivity index is 1.36. The van der Waals surface area contributed by atoms with Crippen LogP contribution in [0.15, 0.2) is 112 Å². The zero-order valence-corrected chi connectivity index (χ0v) is 22.9. The molecular formula is C33H27NO5S. The Labute approximate surface area is 236 Å². The summed E-state index contributed by atoms with van der Waals surface area (Å²) in [5, 5.41) is 13.4. The van der Waals surface area contributed by atoms with Crippen LogP contribution in [-0.2, 0) is 16.1 Å². The summed E-state index contributed by atoms with van der Waals surface area (Å²) in [6.07, 6.45) is 1.73. The number of ether oxygens (including phenoxy) is 2. The maximum Gasteiger partial charge on any atom is 0.344 e. The summed E-state index contributed by atoms with van der Waals surface area (Å²) in [6, 6.07) is 28.8. The van der Waals surface area contributed by atoms with Gasteiger partial charge in [-0.3, -0.25) is 4.79 Å². The molecule has 1 aliphatic rings. The summed E-state index contributed by atoms with van der Waals surface area (Å²) < 4.78 is 11.2. The molecule has 0 unspecified atom stereocenters. The van der Waals surface area contributed by atoms with Crippen LogP contribution in [0.4, 0.5) is 0 Å². The normalized spacial score (nSPS) is 15.2. The molecule has 0 aromatic heterocycles. The number of nitrogens with zero attached hydrogens (tertiary/aromatic N) is 1. The van der Waals surface area contributed by atoms with Gasteiger partial charge >= 0.3 is 5.97 Å². The van der Waals surface area contributed by atoms with E-state index < -0.39 is 11.9 Å². The lowest BCUT2D eigenvalue weighted by Gasteiger charge is -2.09. The minimum absolute atomic E-state index is 0.102. The van der Waals surface area contributed by atoms with Crippen LogP contribution in [0.1, 0.15) is 34.0 Å². The van der Waals surface area contributed by atoms with Gasteiger partial charge in [-0.2, -0.15) is 0 Å². The van der Waals surface area contributed by atoms with Crippen LogP contribution in [0.25, 0.3) is 16.8 Å². The van der Waals surface area contributed by atoms with Gasteiger partial charge in [0.15, 0.2) is 0 Å². The van der Waals surface area contributed by atoms with Crippen molar-refractivity contribution in [2.45, 2.75) is 20.5 Å². The van der Waals surface area contributed by atoms with Crippen molar-refractivity contribution in [3.8, 4) is 5.75 Å². The Kier molecular flexibility index (Phi) is 8.12. The second kappa shape index (κ2) is 12.1. The maximum atomic E-state index is 12.9. The summed E-state index contributed by atoms with van der Waals surface area (Å²) in [6.45, 7) is 4.04. The summed E-state index contributed by atoms with van der Waals surface area (Å²) in [7, 11) is 0. The lowest BCUT2D eigenvalue weighted by Crippen LogP contribution is -2.14. The molecule has 0 atom stereocenters. The molecule has 40 heavy (non-hydrogen) atoms. The summed E-state index contributed by atoms with van der Waals surface area (Å²) in [5.74, 6) is -0.795. The van der Waals surface area contributed by atoms with Crippen molar-refractivity contribution in [1.82, 2.24) is 0 Å². The zero-order chi connectivity index (χ0) is 28.1. The Hall–Kier alpha value is -4.62. The number of rotatable bonds is 7. The van der Waals surface area contributed by atoms with Crippen molar-refractivity contribution in [3.05, 3.63) is 129 Å². The van der Waals surface area contributed by atoms with Gasteiger partial charge in [-0.25, -0.2) is 9.79 Å². The molecular weight excluding hydrogens is 522 g/mol. The van der Waals surface area contributed by atoms with Crippen LogP contribution >= 0.6 is 11.8 Å². The van der Waals surface area contributed by atoms with E-state index in [4.69, 9.17) is 9.47 Å². The number of aliphatic hydroxyl groups is 1. The number of aliphatic imine (C=N–C) groups is 1. The molecule has 1 aliphatic heterocycles. The van der Waals surface area contributed by atoms with Crippen molar-refractivity contribution in [2.75, 3.05) is 6.61 Å². The Morgan fingerprint density at radius 2 is 1.65 bits per heavy atom. The fourth-order valence-electron chi connectivity index (χ4n) is 4.35. The van der Waals surface area contributed by atoms with E-state index in [1.165, 1.54) is 0 Å². The van der Waals surface area contributed by atoms with Crippen LogP contribution in [0.3, 0.4) is 0 Å². The lowest BCUT2D eigenvalue weighted by molar-refractivity contribution is -0.138. The minimum Gasteiger partial charge on any atom is -0.506 e. The summed E-state index contributed by atoms with van der Waals surface area (Å²) >= 11 is 1.05. The van der Waals surface area contributed by atoms with Gasteiger partial charge < -0.3 is 14.6 Å². The molecule has 1 N–H and O–H groups in total. The monoisotopic (exact) mass is 549 g/mol. The van der Waals surface area contributed by atoms with Gasteiger partial charge in [-0.05, 0) is 65.6 Å². The highest BCUT2D eigenvalue weighted by Crippen LogP contribution is 2.39. The van der Waals surface area contributed by atoms with E-state index in [0.29, 0.717) is 22.8 Å². The Bertz CT molecular complexity index is 1680. The van der Waals surface area contributed by atoms with E-state index >= 15 is 0 Å². The first-order valence-corrected chi connectivity index (χ1v) is 13.6. The van der Waals surface area contributed by atoms with E-state index in [1.54, 1.807) is 25.1 Å². The first-order chi connectivity index (χ1) is 19.4. The van der Waals surface area contributed by atoms with Crippen LogP contribution in [0.5, 0.6) is 5.75 Å². The van der Waals surface area contributed by atoms with Gasteiger partial charge in [0, 0.05) is 5.56 Å². The predicted octanol–water partition coefficient (Wildman–Crippen LogP) is 7.43. The van der Waals surface area contributed by atoms with Crippen LogP contribution in [-0.4, -0.2) is 28.6 Å². The van der Waals surface area contributed by atoms with Crippen molar-refractivity contribution in [2.24, 2.45) is 4.99 Å². The van der Waals surface area contributed by atoms with E-state index in [2.05, 4.69) is 29.3 Å². The van der Waals surface area contributed by atoms with Crippen molar-refractivity contribution in [1.29, 1.82) is 0 Å². The molecule has 1 heterocycles. The lowest BCUT2D eigenvalue weighted by atomic mass is 10.1. The molecule has 6 nitrogen and oxygen atoms in total. The average molecular weight is 550 g/mol. The number of amides is 1. The molecule has 1 amide bonds. The number of fused-ring (bicyclic) bond motifs is 1. The number of carbonyl (C=O) groups excluding carboxylic acids is 2. The molecule has 0 spiro atoms. The molecule has 0 fully saturated rings. The van der Waals surface area contributed by atoms with E-state index in [1.807, 2.05) is 61.5 Å². The van der Waals surface area contributed by atoms with E-state index in [9.17, 15) is 14.7 Å². The molecule has 0 bridgehead atoms. The van der Waals surface area contributed by atoms with Crippen molar-refractivity contribution >= 4 is 45.5 Å². The number of hydrogen-bond donors (Lipinski definition) is 1. The Morgan fingerprint density at radius 3 is 2.42 bits per heavy atom. The van der Waals surface area contributed by atoms with Crippen LogP contribution in [0, 0.1) is 6.92 Å². The largest absolute Gasteiger partial charge is 0.506 e. The van der Waals surface area contributed by atoms with E-state index in [-0.39, 0.29) is 23.0 Å². The fraction of sp³-hybridized carbons (Fsp3) is 0.121. The third kappa shape index (κ3) is 5.84. The third-order valence-electron chi connectivity index (χ3n) is 6.40. The number of esters is 1. The van der Waals surface area contributed by atoms with Gasteiger partial charge in [-0.15, -0.1) is 0 Å². The molecule has 4 aromatic carbocycles. The van der Waals surface area contributed by atoms with E-state index in [0.717, 1.165) is 39.2 Å². The molecule has 7 heteroatoms. The van der Waals surface area contributed by atoms with Crippen LogP contribution < -0.4 is 4.74 Å². The number of aliphatic hydroxyl groups excluding tert-OH is 1. The number of aryl methyl sites for hydroxylation is 1. The van der Waals surface area contributed by atoms with Crippen LogP contribution in [0.2, 0.25) is 0 Å². The zero-order valence-electron chi connectivity index (χ0n) is 22.1. The molecule has 0 aliphatic carbocycles. The van der Waals surface area contributed by atoms with Gasteiger partial charge in [0.25, 0.3) is 5.91 Å². The molecule has 5 rings (SSSR count). The molecule has 0 radical (unpaired) electrons.